The minimum atomic E-state index is -0.802. The topological polar surface area (TPSA) is 12.0 Å². The number of hydrogen-bond acceptors (Lipinski definition) is 1. The second-order valence-corrected chi connectivity index (χ2v) is 5.06. The summed E-state index contributed by atoms with van der Waals surface area (Å²) in [4.78, 5) is 0. The van der Waals surface area contributed by atoms with E-state index in [-0.39, 0.29) is 6.04 Å². The molecule has 0 heterocycles. The first-order valence-corrected chi connectivity index (χ1v) is 6.71. The molecule has 0 aromatic heterocycles. The Labute approximate surface area is 118 Å². The lowest BCUT2D eigenvalue weighted by molar-refractivity contribution is 0.472. The molecule has 1 nitrogen and oxygen atoms in total. The summed E-state index contributed by atoms with van der Waals surface area (Å²) in [5, 5.41) is 3.08. The highest BCUT2D eigenvalue weighted by Crippen LogP contribution is 2.25. The van der Waals surface area contributed by atoms with Gasteiger partial charge in [0.05, 0.1) is 0 Å². The first kappa shape index (κ1) is 14.7. The summed E-state index contributed by atoms with van der Waals surface area (Å²) >= 11 is 0. The Balaban J connectivity index is 2.37. The fourth-order valence-corrected chi connectivity index (χ4v) is 2.53. The minimum Gasteiger partial charge on any atom is -0.313 e. The van der Waals surface area contributed by atoms with E-state index in [2.05, 4.69) is 5.32 Å². The van der Waals surface area contributed by atoms with Crippen LogP contribution in [0.3, 0.4) is 0 Å². The van der Waals surface area contributed by atoms with Gasteiger partial charge in [0.2, 0.25) is 0 Å². The van der Waals surface area contributed by atoms with Crippen molar-refractivity contribution in [2.24, 2.45) is 0 Å². The molecule has 0 aliphatic heterocycles. The highest BCUT2D eigenvalue weighted by Gasteiger charge is 2.18. The zero-order valence-corrected chi connectivity index (χ0v) is 12.0. The van der Waals surface area contributed by atoms with Crippen LogP contribution in [0.15, 0.2) is 36.4 Å². The number of benzene rings is 2. The van der Waals surface area contributed by atoms with Crippen LogP contribution in [-0.4, -0.2) is 7.05 Å². The van der Waals surface area contributed by atoms with Crippen molar-refractivity contribution in [2.75, 3.05) is 7.05 Å². The molecule has 1 N–H and O–H groups in total. The molecular weight excluding hydrogens is 256 g/mol. The molecule has 0 saturated carbocycles. The highest BCUT2D eigenvalue weighted by atomic mass is 19.2. The number of nitrogens with one attached hydrogen (secondary N) is 1. The lowest BCUT2D eigenvalue weighted by Gasteiger charge is -2.20. The van der Waals surface area contributed by atoms with Crippen LogP contribution >= 0.6 is 0 Å². The summed E-state index contributed by atoms with van der Waals surface area (Å²) in [6, 6.07) is 10.2. The van der Waals surface area contributed by atoms with E-state index in [1.165, 1.54) is 16.7 Å². The summed E-state index contributed by atoms with van der Waals surface area (Å²) in [6.07, 6.45) is 0.634. The number of hydrogen-bond donors (Lipinski definition) is 1. The maximum absolute atomic E-state index is 13.9. The molecule has 2 aromatic rings. The third-order valence-corrected chi connectivity index (χ3v) is 3.76. The van der Waals surface area contributed by atoms with Crippen LogP contribution in [0.4, 0.5) is 8.78 Å². The lowest BCUT2D eigenvalue weighted by atomic mass is 9.93. The quantitative estimate of drug-likeness (QED) is 0.886. The van der Waals surface area contributed by atoms with Gasteiger partial charge in [0.15, 0.2) is 11.6 Å². The lowest BCUT2D eigenvalue weighted by Crippen LogP contribution is -2.21. The van der Waals surface area contributed by atoms with Crippen molar-refractivity contribution in [3.63, 3.8) is 0 Å². The van der Waals surface area contributed by atoms with Crippen molar-refractivity contribution in [2.45, 2.75) is 26.3 Å². The van der Waals surface area contributed by atoms with Gasteiger partial charge in [-0.3, -0.25) is 0 Å². The molecule has 1 unspecified atom stereocenters. The molecule has 0 amide bonds. The van der Waals surface area contributed by atoms with E-state index in [9.17, 15) is 8.78 Å². The monoisotopic (exact) mass is 275 g/mol. The smallest absolute Gasteiger partial charge is 0.163 e. The van der Waals surface area contributed by atoms with Crippen molar-refractivity contribution in [3.8, 4) is 0 Å². The average Bonchev–Trinajstić information content (AvgIpc) is 2.42. The largest absolute Gasteiger partial charge is 0.313 e. The van der Waals surface area contributed by atoms with E-state index >= 15 is 0 Å². The van der Waals surface area contributed by atoms with Gasteiger partial charge in [0, 0.05) is 11.6 Å². The molecule has 0 radical (unpaired) electrons. The van der Waals surface area contributed by atoms with Crippen molar-refractivity contribution < 1.29 is 8.78 Å². The Hall–Kier alpha value is -1.74. The van der Waals surface area contributed by atoms with Gasteiger partial charge >= 0.3 is 0 Å². The van der Waals surface area contributed by atoms with Gasteiger partial charge in [0.1, 0.15) is 0 Å². The third-order valence-electron chi connectivity index (χ3n) is 3.76. The fourth-order valence-electron chi connectivity index (χ4n) is 2.53. The van der Waals surface area contributed by atoms with Gasteiger partial charge in [0.25, 0.3) is 0 Å². The van der Waals surface area contributed by atoms with Gasteiger partial charge < -0.3 is 5.32 Å². The van der Waals surface area contributed by atoms with E-state index in [0.29, 0.717) is 12.0 Å². The van der Waals surface area contributed by atoms with Crippen molar-refractivity contribution in [1.29, 1.82) is 0 Å². The van der Waals surface area contributed by atoms with E-state index in [4.69, 9.17) is 0 Å². The standard InChI is InChI=1S/C17H19F2N/c1-11-6-4-7-12(2)14(11)10-16(20-3)13-8-5-9-15(18)17(13)19/h4-9,16,20H,10H2,1-3H3. The maximum atomic E-state index is 13.9. The first-order valence-electron chi connectivity index (χ1n) is 6.71. The fraction of sp³-hybridized carbons (Fsp3) is 0.294. The van der Waals surface area contributed by atoms with Gasteiger partial charge in [-0.2, -0.15) is 0 Å². The molecule has 20 heavy (non-hydrogen) atoms. The zero-order chi connectivity index (χ0) is 14.7. The average molecular weight is 275 g/mol. The Morgan fingerprint density at radius 3 is 2.20 bits per heavy atom. The highest BCUT2D eigenvalue weighted by molar-refractivity contribution is 5.36. The van der Waals surface area contributed by atoms with Crippen LogP contribution in [0.25, 0.3) is 0 Å². The molecule has 1 atom stereocenters. The second kappa shape index (κ2) is 6.14. The van der Waals surface area contributed by atoms with Crippen LogP contribution in [-0.2, 0) is 6.42 Å². The number of rotatable bonds is 4. The zero-order valence-electron chi connectivity index (χ0n) is 12.0. The van der Waals surface area contributed by atoms with Crippen LogP contribution in [0, 0.1) is 25.5 Å². The van der Waals surface area contributed by atoms with E-state index in [1.54, 1.807) is 19.2 Å². The Morgan fingerprint density at radius 1 is 1.00 bits per heavy atom. The summed E-state index contributed by atoms with van der Waals surface area (Å²) in [5.41, 5.74) is 3.88. The minimum absolute atomic E-state index is 0.245. The number of likely N-dealkylation sites (N-methyl/N-ethyl adjacent to an activating group) is 1. The normalized spacial score (nSPS) is 12.4. The summed E-state index contributed by atoms with van der Waals surface area (Å²) in [5.74, 6) is -1.57. The Bertz CT molecular complexity index is 588. The van der Waals surface area contributed by atoms with E-state index < -0.39 is 11.6 Å². The van der Waals surface area contributed by atoms with Crippen molar-refractivity contribution >= 4 is 0 Å². The van der Waals surface area contributed by atoms with E-state index in [1.807, 2.05) is 32.0 Å². The SMILES string of the molecule is CNC(Cc1c(C)cccc1C)c1cccc(F)c1F. The number of halogens is 2. The molecule has 3 heteroatoms. The van der Waals surface area contributed by atoms with Gasteiger partial charge in [-0.25, -0.2) is 8.78 Å². The molecule has 0 aliphatic carbocycles. The molecular formula is C17H19F2N. The Kier molecular flexibility index (Phi) is 4.50. The van der Waals surface area contributed by atoms with Crippen LogP contribution in [0.1, 0.15) is 28.3 Å². The molecule has 2 rings (SSSR count). The molecule has 2 aromatic carbocycles. The summed E-state index contributed by atoms with van der Waals surface area (Å²) in [6.45, 7) is 4.08. The van der Waals surface area contributed by atoms with E-state index in [0.717, 1.165) is 6.07 Å². The van der Waals surface area contributed by atoms with Crippen LogP contribution in [0.2, 0.25) is 0 Å². The Morgan fingerprint density at radius 2 is 1.60 bits per heavy atom. The molecule has 0 fully saturated rings. The first-order chi connectivity index (χ1) is 9.54. The summed E-state index contributed by atoms with van der Waals surface area (Å²) < 4.78 is 27.3. The predicted octanol–water partition coefficient (Wildman–Crippen LogP) is 4.08. The van der Waals surface area contributed by atoms with Crippen molar-refractivity contribution in [3.05, 3.63) is 70.3 Å². The van der Waals surface area contributed by atoms with Crippen molar-refractivity contribution in [1.82, 2.24) is 5.32 Å². The van der Waals surface area contributed by atoms with Crippen LogP contribution < -0.4 is 5.32 Å². The maximum Gasteiger partial charge on any atom is 0.163 e. The predicted molar refractivity (Wildman–Crippen MR) is 77.8 cm³/mol. The van der Waals surface area contributed by atoms with Crippen LogP contribution in [0.5, 0.6) is 0 Å². The molecule has 0 saturated heterocycles. The third kappa shape index (κ3) is 2.88. The van der Waals surface area contributed by atoms with Gasteiger partial charge in [-0.1, -0.05) is 30.3 Å². The molecule has 0 bridgehead atoms. The molecule has 0 spiro atoms. The second-order valence-electron chi connectivity index (χ2n) is 5.06. The molecule has 106 valence electrons. The summed E-state index contributed by atoms with van der Waals surface area (Å²) in [7, 11) is 1.77. The van der Waals surface area contributed by atoms with Gasteiger partial charge in [-0.15, -0.1) is 0 Å². The number of aryl methyl sites for hydroxylation is 2. The molecule has 0 aliphatic rings. The van der Waals surface area contributed by atoms with Gasteiger partial charge in [-0.05, 0) is 50.1 Å².